The highest BCUT2D eigenvalue weighted by Crippen LogP contribution is 2.27. The molecule has 0 heterocycles. The van der Waals surface area contributed by atoms with Crippen LogP contribution in [0.15, 0.2) is 48.5 Å². The fraction of sp³-hybridized carbons (Fsp3) is 0.263. The Balaban J connectivity index is 2.27. The van der Waals surface area contributed by atoms with Gasteiger partial charge in [-0.05, 0) is 31.5 Å². The zero-order valence-electron chi connectivity index (χ0n) is 15.1. The predicted molar refractivity (Wildman–Crippen MR) is 101 cm³/mol. The zero-order chi connectivity index (χ0) is 20.0. The van der Waals surface area contributed by atoms with Crippen LogP contribution in [0.25, 0.3) is 0 Å². The van der Waals surface area contributed by atoms with Crippen molar-refractivity contribution in [3.05, 3.63) is 69.8 Å². The molecule has 0 fully saturated rings. The number of aliphatic carboxylic acids is 1. The molecule has 0 atom stereocenters. The van der Waals surface area contributed by atoms with E-state index in [1.165, 1.54) is 18.2 Å². The molecule has 142 valence electrons. The Morgan fingerprint density at radius 1 is 1.19 bits per heavy atom. The van der Waals surface area contributed by atoms with Gasteiger partial charge >= 0.3 is 5.97 Å². The first kappa shape index (κ1) is 19.9. The molecular weight excluding hydrogens is 350 g/mol. The number of nitro groups is 1. The molecule has 0 aromatic heterocycles. The van der Waals surface area contributed by atoms with Gasteiger partial charge in [0.2, 0.25) is 0 Å². The topological polar surface area (TPSA) is 113 Å². The Labute approximate surface area is 156 Å². The zero-order valence-corrected chi connectivity index (χ0v) is 15.1. The third kappa shape index (κ3) is 5.27. The van der Waals surface area contributed by atoms with Gasteiger partial charge in [-0.15, -0.1) is 0 Å². The molecule has 0 radical (unpaired) electrons. The van der Waals surface area contributed by atoms with Crippen molar-refractivity contribution in [1.29, 1.82) is 0 Å². The van der Waals surface area contributed by atoms with Gasteiger partial charge in [0.15, 0.2) is 0 Å². The van der Waals surface area contributed by atoms with E-state index in [0.29, 0.717) is 6.54 Å². The summed E-state index contributed by atoms with van der Waals surface area (Å²) in [6, 6.07) is 13.1. The quantitative estimate of drug-likeness (QED) is 0.544. The number of carbonyl (C=O) groups is 2. The summed E-state index contributed by atoms with van der Waals surface area (Å²) in [4.78, 5) is 35.6. The summed E-state index contributed by atoms with van der Waals surface area (Å²) >= 11 is 0. The van der Waals surface area contributed by atoms with Crippen molar-refractivity contribution in [1.82, 2.24) is 4.90 Å². The van der Waals surface area contributed by atoms with Crippen molar-refractivity contribution in [3.8, 4) is 0 Å². The summed E-state index contributed by atoms with van der Waals surface area (Å²) in [5.74, 6) is -1.71. The van der Waals surface area contributed by atoms with E-state index in [1.807, 2.05) is 30.3 Å². The van der Waals surface area contributed by atoms with Gasteiger partial charge in [-0.1, -0.05) is 30.3 Å². The van der Waals surface area contributed by atoms with E-state index in [1.54, 1.807) is 13.8 Å². The average molecular weight is 371 g/mol. The molecule has 27 heavy (non-hydrogen) atoms. The highest BCUT2D eigenvalue weighted by Gasteiger charge is 2.24. The van der Waals surface area contributed by atoms with Crippen LogP contribution >= 0.6 is 0 Å². The van der Waals surface area contributed by atoms with Gasteiger partial charge in [0.25, 0.3) is 11.6 Å². The summed E-state index contributed by atoms with van der Waals surface area (Å²) in [6.45, 7) is 3.29. The minimum atomic E-state index is -1.15. The molecule has 0 saturated heterocycles. The number of rotatable bonds is 8. The lowest BCUT2D eigenvalue weighted by Gasteiger charge is -2.25. The van der Waals surface area contributed by atoms with E-state index in [0.717, 1.165) is 10.5 Å². The van der Waals surface area contributed by atoms with Gasteiger partial charge in [0.1, 0.15) is 12.2 Å². The fourth-order valence-electron chi connectivity index (χ4n) is 2.56. The van der Waals surface area contributed by atoms with Crippen LogP contribution in [0.3, 0.4) is 0 Å². The van der Waals surface area contributed by atoms with Gasteiger partial charge in [0.05, 0.1) is 4.92 Å². The normalized spacial score (nSPS) is 10.5. The third-order valence-corrected chi connectivity index (χ3v) is 3.96. The maximum Gasteiger partial charge on any atom is 0.323 e. The molecular formula is C19H21N3O5. The Morgan fingerprint density at radius 3 is 2.41 bits per heavy atom. The van der Waals surface area contributed by atoms with Crippen molar-refractivity contribution in [2.75, 3.05) is 11.9 Å². The number of carboxylic acid groups (broad SMARTS) is 1. The maximum absolute atomic E-state index is 12.6. The summed E-state index contributed by atoms with van der Waals surface area (Å²) in [5.41, 5.74) is 1.08. The standard InChI is InChI=1S/C19H21N3O5/c1-13(2)21(12-18(23)24)19(25)15-8-9-16(17(10-15)22(26)27)20-11-14-6-4-3-5-7-14/h3-10,13,20H,11-12H2,1-2H3,(H,23,24). The van der Waals surface area contributed by atoms with Crippen LogP contribution in [0.4, 0.5) is 11.4 Å². The predicted octanol–water partition coefficient (Wildman–Crippen LogP) is 3.14. The Hall–Kier alpha value is -3.42. The van der Waals surface area contributed by atoms with Gasteiger partial charge in [-0.2, -0.15) is 0 Å². The van der Waals surface area contributed by atoms with E-state index in [4.69, 9.17) is 5.11 Å². The van der Waals surface area contributed by atoms with Gasteiger partial charge in [-0.25, -0.2) is 0 Å². The minimum Gasteiger partial charge on any atom is -0.480 e. The molecule has 8 nitrogen and oxygen atoms in total. The Bertz CT molecular complexity index is 836. The van der Waals surface area contributed by atoms with E-state index >= 15 is 0 Å². The van der Waals surface area contributed by atoms with Crippen LogP contribution in [0.5, 0.6) is 0 Å². The number of nitro benzene ring substituents is 1. The van der Waals surface area contributed by atoms with Crippen molar-refractivity contribution in [2.24, 2.45) is 0 Å². The van der Waals surface area contributed by atoms with Crippen molar-refractivity contribution in [2.45, 2.75) is 26.4 Å². The smallest absolute Gasteiger partial charge is 0.323 e. The lowest BCUT2D eigenvalue weighted by molar-refractivity contribution is -0.384. The first-order chi connectivity index (χ1) is 12.8. The number of hydrogen-bond acceptors (Lipinski definition) is 5. The van der Waals surface area contributed by atoms with Crippen molar-refractivity contribution in [3.63, 3.8) is 0 Å². The molecule has 2 aromatic carbocycles. The minimum absolute atomic E-state index is 0.0712. The van der Waals surface area contributed by atoms with E-state index in [9.17, 15) is 19.7 Å². The monoisotopic (exact) mass is 371 g/mol. The number of amides is 1. The second-order valence-corrected chi connectivity index (χ2v) is 6.25. The average Bonchev–Trinajstić information content (AvgIpc) is 2.64. The summed E-state index contributed by atoms with van der Waals surface area (Å²) < 4.78 is 0. The molecule has 1 amide bonds. The molecule has 2 N–H and O–H groups in total. The number of benzene rings is 2. The van der Waals surface area contributed by atoms with Crippen molar-refractivity contribution < 1.29 is 19.6 Å². The number of hydrogen-bond donors (Lipinski definition) is 2. The molecule has 0 saturated carbocycles. The first-order valence-corrected chi connectivity index (χ1v) is 8.38. The number of carbonyl (C=O) groups excluding carboxylic acids is 1. The second-order valence-electron chi connectivity index (χ2n) is 6.25. The highest BCUT2D eigenvalue weighted by atomic mass is 16.6. The lowest BCUT2D eigenvalue weighted by Crippen LogP contribution is -2.40. The summed E-state index contributed by atoms with van der Waals surface area (Å²) in [6.07, 6.45) is 0. The van der Waals surface area contributed by atoms with Crippen LogP contribution in [0.1, 0.15) is 29.8 Å². The number of anilines is 1. The Kier molecular flexibility index (Phi) is 6.48. The largest absolute Gasteiger partial charge is 0.480 e. The highest BCUT2D eigenvalue weighted by molar-refractivity contribution is 5.97. The number of carboxylic acids is 1. The van der Waals surface area contributed by atoms with Crippen LogP contribution in [0.2, 0.25) is 0 Å². The van der Waals surface area contributed by atoms with Crippen LogP contribution in [-0.2, 0) is 11.3 Å². The van der Waals surface area contributed by atoms with E-state index in [2.05, 4.69) is 5.32 Å². The van der Waals surface area contributed by atoms with Crippen LogP contribution in [-0.4, -0.2) is 39.4 Å². The SMILES string of the molecule is CC(C)N(CC(=O)O)C(=O)c1ccc(NCc2ccccc2)c([N+](=O)[O-])c1. The first-order valence-electron chi connectivity index (χ1n) is 8.38. The molecule has 0 aliphatic carbocycles. The fourth-order valence-corrected chi connectivity index (χ4v) is 2.56. The van der Waals surface area contributed by atoms with Gasteiger partial charge < -0.3 is 15.3 Å². The molecule has 0 unspecified atom stereocenters. The number of nitrogens with one attached hydrogen (secondary N) is 1. The molecule has 0 aliphatic rings. The van der Waals surface area contributed by atoms with Crippen molar-refractivity contribution >= 4 is 23.3 Å². The van der Waals surface area contributed by atoms with Crippen LogP contribution in [0, 0.1) is 10.1 Å². The lowest BCUT2D eigenvalue weighted by atomic mass is 10.1. The van der Waals surface area contributed by atoms with Gasteiger partial charge in [-0.3, -0.25) is 19.7 Å². The third-order valence-electron chi connectivity index (χ3n) is 3.96. The molecule has 2 aromatic rings. The van der Waals surface area contributed by atoms with E-state index < -0.39 is 23.3 Å². The summed E-state index contributed by atoms with van der Waals surface area (Å²) in [7, 11) is 0. The van der Waals surface area contributed by atoms with E-state index in [-0.39, 0.29) is 23.0 Å². The molecule has 0 aliphatic heterocycles. The van der Waals surface area contributed by atoms with Gasteiger partial charge in [0, 0.05) is 24.2 Å². The van der Waals surface area contributed by atoms with Crippen LogP contribution < -0.4 is 5.32 Å². The number of nitrogens with zero attached hydrogens (tertiary/aromatic N) is 2. The molecule has 0 spiro atoms. The molecule has 0 bridgehead atoms. The molecule has 8 heteroatoms. The summed E-state index contributed by atoms with van der Waals surface area (Å²) in [5, 5.41) is 23.4. The Morgan fingerprint density at radius 2 is 1.85 bits per heavy atom. The maximum atomic E-state index is 12.6. The molecule has 2 rings (SSSR count). The second kappa shape index (κ2) is 8.79.